The van der Waals surface area contributed by atoms with E-state index in [1.165, 1.54) is 0 Å². The number of aliphatic carboxylic acids is 1. The summed E-state index contributed by atoms with van der Waals surface area (Å²) < 4.78 is 5.84. The van der Waals surface area contributed by atoms with E-state index in [9.17, 15) is 24.6 Å². The highest BCUT2D eigenvalue weighted by Gasteiger charge is 2.48. The Balaban J connectivity index is 2.46. The van der Waals surface area contributed by atoms with Crippen LogP contribution in [0.5, 0.6) is 0 Å². The van der Waals surface area contributed by atoms with Crippen LogP contribution in [-0.2, 0) is 9.53 Å². The molecular formula is C10H12N4O7. The maximum absolute atomic E-state index is 11.4. The fourth-order valence-corrected chi connectivity index (χ4v) is 2.07. The summed E-state index contributed by atoms with van der Waals surface area (Å²) in [6.45, 7) is 0. The van der Waals surface area contributed by atoms with Crippen molar-refractivity contribution in [3.63, 3.8) is 0 Å². The first kappa shape index (κ1) is 14.9. The van der Waals surface area contributed by atoms with Crippen molar-refractivity contribution in [3.05, 3.63) is 17.7 Å². The van der Waals surface area contributed by atoms with E-state index in [4.69, 9.17) is 21.3 Å². The Kier molecular flexibility index (Phi) is 3.63. The average molecular weight is 300 g/mol. The summed E-state index contributed by atoms with van der Waals surface area (Å²) in [5, 5.41) is 28.3. The molecule has 2 heterocycles. The standard InChI is InChI=1S/C10H12N4O7/c11-7(17)2-3(8(12)18)14(1-13-2)9-5(16)4(15)6(21-9)10(19)20/h1,4-6,9,15-16H,(H2,11,17)(H2,12,18)(H,19,20)/t4-,5+,6-,9+/m0/s1. The molecule has 4 atom stereocenters. The van der Waals surface area contributed by atoms with Gasteiger partial charge in [0.25, 0.3) is 11.8 Å². The van der Waals surface area contributed by atoms with E-state index in [-0.39, 0.29) is 0 Å². The van der Waals surface area contributed by atoms with Crippen molar-refractivity contribution in [3.8, 4) is 0 Å². The minimum atomic E-state index is -1.73. The van der Waals surface area contributed by atoms with E-state index >= 15 is 0 Å². The quantitative estimate of drug-likeness (QED) is 0.383. The molecule has 1 fully saturated rings. The Morgan fingerprint density at radius 3 is 2.24 bits per heavy atom. The van der Waals surface area contributed by atoms with Crippen molar-refractivity contribution in [2.45, 2.75) is 24.5 Å². The zero-order chi connectivity index (χ0) is 15.9. The number of aliphatic hydroxyl groups excluding tert-OH is 2. The lowest BCUT2D eigenvalue weighted by Gasteiger charge is -2.17. The van der Waals surface area contributed by atoms with E-state index < -0.39 is 53.7 Å². The van der Waals surface area contributed by atoms with E-state index in [2.05, 4.69) is 4.98 Å². The van der Waals surface area contributed by atoms with E-state index in [1.807, 2.05) is 0 Å². The lowest BCUT2D eigenvalue weighted by molar-refractivity contribution is -0.155. The van der Waals surface area contributed by atoms with Gasteiger partial charge in [0.15, 0.2) is 18.0 Å². The third-order valence-corrected chi connectivity index (χ3v) is 3.02. The van der Waals surface area contributed by atoms with Crippen LogP contribution in [0, 0.1) is 0 Å². The molecule has 0 unspecified atom stereocenters. The summed E-state index contributed by atoms with van der Waals surface area (Å²) in [7, 11) is 0. The molecule has 11 heteroatoms. The van der Waals surface area contributed by atoms with Crippen LogP contribution < -0.4 is 11.5 Å². The van der Waals surface area contributed by atoms with Gasteiger partial charge in [0, 0.05) is 0 Å². The van der Waals surface area contributed by atoms with E-state index in [0.29, 0.717) is 0 Å². The SMILES string of the molecule is NC(=O)c1ncn([C@@H]2O[C@H](C(=O)O)[C@@H](O)[C@H]2O)c1C(N)=O. The largest absolute Gasteiger partial charge is 0.479 e. The number of carboxylic acids is 1. The second-order valence-electron chi connectivity index (χ2n) is 4.34. The van der Waals surface area contributed by atoms with Gasteiger partial charge in [0.1, 0.15) is 17.9 Å². The Morgan fingerprint density at radius 1 is 1.19 bits per heavy atom. The van der Waals surface area contributed by atoms with Crippen LogP contribution >= 0.6 is 0 Å². The number of carbonyl (C=O) groups is 3. The first-order valence-corrected chi connectivity index (χ1v) is 5.66. The number of ether oxygens (including phenoxy) is 1. The van der Waals surface area contributed by atoms with Gasteiger partial charge in [-0.3, -0.25) is 14.2 Å². The Morgan fingerprint density at radius 2 is 1.81 bits per heavy atom. The number of rotatable bonds is 4. The van der Waals surface area contributed by atoms with Gasteiger partial charge in [-0.05, 0) is 0 Å². The fourth-order valence-electron chi connectivity index (χ4n) is 2.07. The van der Waals surface area contributed by atoms with Crippen LogP contribution in [0.1, 0.15) is 27.2 Å². The van der Waals surface area contributed by atoms with Gasteiger partial charge < -0.3 is 31.5 Å². The van der Waals surface area contributed by atoms with Crippen molar-refractivity contribution in [2.75, 3.05) is 0 Å². The van der Waals surface area contributed by atoms with Gasteiger partial charge in [-0.15, -0.1) is 0 Å². The maximum Gasteiger partial charge on any atom is 0.335 e. The molecule has 11 nitrogen and oxygen atoms in total. The summed E-state index contributed by atoms with van der Waals surface area (Å²) in [4.78, 5) is 37.0. The third kappa shape index (κ3) is 2.33. The predicted octanol–water partition coefficient (Wildman–Crippen LogP) is -3.22. The number of carbonyl (C=O) groups excluding carboxylic acids is 2. The zero-order valence-electron chi connectivity index (χ0n) is 10.4. The average Bonchev–Trinajstić information content (AvgIpc) is 2.93. The van der Waals surface area contributed by atoms with Crippen molar-refractivity contribution in [1.82, 2.24) is 9.55 Å². The van der Waals surface area contributed by atoms with Crippen LogP contribution in [0.15, 0.2) is 6.33 Å². The summed E-state index contributed by atoms with van der Waals surface area (Å²) in [5.41, 5.74) is 9.24. The molecule has 0 spiro atoms. The first-order chi connectivity index (χ1) is 9.75. The molecular weight excluding hydrogens is 288 g/mol. The number of amides is 2. The Hall–Kier alpha value is -2.50. The molecule has 1 saturated heterocycles. The van der Waals surface area contributed by atoms with Crippen LogP contribution in [0.3, 0.4) is 0 Å². The molecule has 1 aromatic heterocycles. The molecule has 2 rings (SSSR count). The topological polar surface area (TPSA) is 191 Å². The summed E-state index contributed by atoms with van der Waals surface area (Å²) in [6.07, 6.45) is -5.62. The summed E-state index contributed by atoms with van der Waals surface area (Å²) >= 11 is 0. The highest BCUT2D eigenvalue weighted by atomic mass is 16.6. The molecule has 1 aliphatic heterocycles. The van der Waals surface area contributed by atoms with Crippen molar-refractivity contribution in [1.29, 1.82) is 0 Å². The minimum Gasteiger partial charge on any atom is -0.479 e. The highest BCUT2D eigenvalue weighted by Crippen LogP contribution is 2.31. The Labute approximate surface area is 116 Å². The molecule has 1 aliphatic rings. The second-order valence-corrected chi connectivity index (χ2v) is 4.34. The van der Waals surface area contributed by atoms with Gasteiger partial charge in [0.05, 0.1) is 6.33 Å². The molecule has 1 aromatic rings. The molecule has 0 bridgehead atoms. The first-order valence-electron chi connectivity index (χ1n) is 5.66. The predicted molar refractivity (Wildman–Crippen MR) is 62.8 cm³/mol. The van der Waals surface area contributed by atoms with Crippen LogP contribution in [0.2, 0.25) is 0 Å². The van der Waals surface area contributed by atoms with Crippen LogP contribution in [0.25, 0.3) is 0 Å². The molecule has 0 aromatic carbocycles. The van der Waals surface area contributed by atoms with Gasteiger partial charge in [-0.25, -0.2) is 9.78 Å². The van der Waals surface area contributed by atoms with Crippen LogP contribution in [0.4, 0.5) is 0 Å². The summed E-state index contributed by atoms with van der Waals surface area (Å²) in [6, 6.07) is 0. The van der Waals surface area contributed by atoms with Gasteiger partial charge in [-0.2, -0.15) is 0 Å². The maximum atomic E-state index is 11.4. The number of hydrogen-bond acceptors (Lipinski definition) is 7. The van der Waals surface area contributed by atoms with Crippen LogP contribution in [-0.4, -0.2) is 61.0 Å². The highest BCUT2D eigenvalue weighted by molar-refractivity contribution is 6.03. The van der Waals surface area contributed by atoms with E-state index in [1.54, 1.807) is 0 Å². The van der Waals surface area contributed by atoms with E-state index in [0.717, 1.165) is 10.9 Å². The molecule has 21 heavy (non-hydrogen) atoms. The van der Waals surface area contributed by atoms with Gasteiger partial charge >= 0.3 is 5.97 Å². The van der Waals surface area contributed by atoms with Gasteiger partial charge in [0.2, 0.25) is 0 Å². The van der Waals surface area contributed by atoms with Gasteiger partial charge in [-0.1, -0.05) is 0 Å². The molecule has 0 radical (unpaired) electrons. The number of hydrogen-bond donors (Lipinski definition) is 5. The minimum absolute atomic E-state index is 0.452. The number of nitrogens with two attached hydrogens (primary N) is 2. The monoisotopic (exact) mass is 300 g/mol. The zero-order valence-corrected chi connectivity index (χ0v) is 10.4. The lowest BCUT2D eigenvalue weighted by atomic mass is 10.1. The lowest BCUT2D eigenvalue weighted by Crippen LogP contribution is -2.36. The molecule has 0 aliphatic carbocycles. The number of carboxylic acid groups (broad SMARTS) is 1. The number of aromatic nitrogens is 2. The normalized spacial score (nSPS) is 28.5. The van der Waals surface area contributed by atoms with Crippen molar-refractivity contribution >= 4 is 17.8 Å². The number of nitrogens with zero attached hydrogens (tertiary/aromatic N) is 2. The third-order valence-electron chi connectivity index (χ3n) is 3.02. The molecule has 2 amide bonds. The smallest absolute Gasteiger partial charge is 0.335 e. The second kappa shape index (κ2) is 5.12. The fraction of sp³-hybridized carbons (Fsp3) is 0.400. The van der Waals surface area contributed by atoms with Crippen molar-refractivity contribution < 1.29 is 34.4 Å². The summed E-state index contributed by atoms with van der Waals surface area (Å²) in [5.74, 6) is -3.62. The molecule has 7 N–H and O–H groups in total. The number of imidazole rings is 1. The number of aliphatic hydroxyl groups is 2. The number of primary amides is 2. The Bertz CT molecular complexity index is 613. The van der Waals surface area contributed by atoms with Crippen molar-refractivity contribution in [2.24, 2.45) is 11.5 Å². The molecule has 114 valence electrons. The molecule has 0 saturated carbocycles.